The second-order valence-corrected chi connectivity index (χ2v) is 6.76. The molecule has 2 rings (SSSR count). The molecule has 0 unspecified atom stereocenters. The molecule has 0 heterocycles. The largest absolute Gasteiger partial charge is 0.376 e. The number of hydrogen-bond acceptors (Lipinski definition) is 3. The van der Waals surface area contributed by atoms with Crippen LogP contribution >= 0.6 is 0 Å². The smallest absolute Gasteiger partial charge is 0.243 e. The third-order valence-corrected chi connectivity index (χ3v) is 4.04. The predicted octanol–water partition coefficient (Wildman–Crippen LogP) is 3.37. The number of hydrogen-bond donors (Lipinski definition) is 2. The highest BCUT2D eigenvalue weighted by molar-refractivity contribution is 5.93. The molecule has 0 aliphatic carbocycles. The molecular weight excluding hydrogens is 326 g/mol. The fourth-order valence-corrected chi connectivity index (χ4v) is 2.69. The maximum absolute atomic E-state index is 12.1. The number of carbonyl (C=O) groups is 2. The van der Waals surface area contributed by atoms with Gasteiger partial charge in [-0.2, -0.15) is 0 Å². The molecule has 0 fully saturated rings. The van der Waals surface area contributed by atoms with Crippen molar-refractivity contribution in [3.05, 3.63) is 59.2 Å². The van der Waals surface area contributed by atoms with Crippen LogP contribution in [0.4, 0.5) is 11.4 Å². The summed E-state index contributed by atoms with van der Waals surface area (Å²) >= 11 is 0. The van der Waals surface area contributed by atoms with Gasteiger partial charge in [0.1, 0.15) is 0 Å². The minimum atomic E-state index is -0.0975. The SMILES string of the molecule is Cc1cc(C)cc(NCC(=O)Nc2ccc(CCC(=O)N(C)C)cc2)c1. The Morgan fingerprint density at radius 2 is 1.54 bits per heavy atom. The standard InChI is InChI=1S/C21H27N3O2/c1-15-11-16(2)13-19(12-15)22-14-20(25)23-18-8-5-17(6-9-18)7-10-21(26)24(3)4/h5-6,8-9,11-13,22H,7,10,14H2,1-4H3,(H,23,25). The van der Waals surface area contributed by atoms with Crippen molar-refractivity contribution >= 4 is 23.2 Å². The average molecular weight is 353 g/mol. The van der Waals surface area contributed by atoms with E-state index in [0.29, 0.717) is 12.8 Å². The van der Waals surface area contributed by atoms with E-state index in [4.69, 9.17) is 0 Å². The summed E-state index contributed by atoms with van der Waals surface area (Å²) in [6, 6.07) is 13.7. The quantitative estimate of drug-likeness (QED) is 0.802. The number of nitrogens with one attached hydrogen (secondary N) is 2. The second kappa shape index (κ2) is 9.04. The molecule has 138 valence electrons. The number of carbonyl (C=O) groups excluding carboxylic acids is 2. The van der Waals surface area contributed by atoms with Crippen LogP contribution in [0.25, 0.3) is 0 Å². The van der Waals surface area contributed by atoms with Crippen molar-refractivity contribution in [2.45, 2.75) is 26.7 Å². The Labute approximate surface area is 155 Å². The van der Waals surface area contributed by atoms with E-state index in [1.165, 1.54) is 0 Å². The van der Waals surface area contributed by atoms with Gasteiger partial charge in [0, 0.05) is 31.9 Å². The van der Waals surface area contributed by atoms with Gasteiger partial charge in [0.05, 0.1) is 6.54 Å². The Hall–Kier alpha value is -2.82. The van der Waals surface area contributed by atoms with Gasteiger partial charge in [0.25, 0.3) is 0 Å². The summed E-state index contributed by atoms with van der Waals surface area (Å²) in [6.45, 7) is 4.28. The Balaban J connectivity index is 1.82. The highest BCUT2D eigenvalue weighted by Gasteiger charge is 2.06. The van der Waals surface area contributed by atoms with E-state index in [9.17, 15) is 9.59 Å². The van der Waals surface area contributed by atoms with Crippen LogP contribution < -0.4 is 10.6 Å². The van der Waals surface area contributed by atoms with Crippen LogP contribution in [-0.4, -0.2) is 37.4 Å². The monoisotopic (exact) mass is 353 g/mol. The van der Waals surface area contributed by atoms with Crippen LogP contribution in [0.2, 0.25) is 0 Å². The van der Waals surface area contributed by atoms with Crippen LogP contribution in [-0.2, 0) is 16.0 Å². The third-order valence-electron chi connectivity index (χ3n) is 4.04. The van der Waals surface area contributed by atoms with Crippen molar-refractivity contribution < 1.29 is 9.59 Å². The van der Waals surface area contributed by atoms with E-state index < -0.39 is 0 Å². The topological polar surface area (TPSA) is 61.4 Å². The molecule has 0 saturated carbocycles. The van der Waals surface area contributed by atoms with Gasteiger partial charge in [-0.15, -0.1) is 0 Å². The summed E-state index contributed by atoms with van der Waals surface area (Å²) < 4.78 is 0. The first-order valence-corrected chi connectivity index (χ1v) is 8.74. The van der Waals surface area contributed by atoms with Crippen LogP contribution in [0.5, 0.6) is 0 Å². The van der Waals surface area contributed by atoms with E-state index in [2.05, 4.69) is 16.7 Å². The summed E-state index contributed by atoms with van der Waals surface area (Å²) in [7, 11) is 3.51. The highest BCUT2D eigenvalue weighted by Crippen LogP contribution is 2.14. The van der Waals surface area contributed by atoms with Crippen LogP contribution in [0.15, 0.2) is 42.5 Å². The zero-order valence-corrected chi connectivity index (χ0v) is 15.9. The minimum Gasteiger partial charge on any atom is -0.376 e. The molecule has 26 heavy (non-hydrogen) atoms. The lowest BCUT2D eigenvalue weighted by Crippen LogP contribution is -2.22. The molecule has 0 atom stereocenters. The van der Waals surface area contributed by atoms with Crippen molar-refractivity contribution in [3.63, 3.8) is 0 Å². The lowest BCUT2D eigenvalue weighted by Gasteiger charge is -2.11. The number of rotatable bonds is 7. The van der Waals surface area contributed by atoms with Gasteiger partial charge in [0.2, 0.25) is 11.8 Å². The Morgan fingerprint density at radius 3 is 2.12 bits per heavy atom. The van der Waals surface area contributed by atoms with Gasteiger partial charge in [-0.3, -0.25) is 9.59 Å². The van der Waals surface area contributed by atoms with Gasteiger partial charge in [0.15, 0.2) is 0 Å². The van der Waals surface area contributed by atoms with Crippen molar-refractivity contribution in [1.82, 2.24) is 4.90 Å². The fraction of sp³-hybridized carbons (Fsp3) is 0.333. The molecule has 0 aromatic heterocycles. The summed E-state index contributed by atoms with van der Waals surface area (Å²) in [5.74, 6) is 0.0135. The first kappa shape index (κ1) is 19.5. The number of aryl methyl sites for hydroxylation is 3. The highest BCUT2D eigenvalue weighted by atomic mass is 16.2. The molecule has 2 aromatic carbocycles. The van der Waals surface area contributed by atoms with Gasteiger partial charge in [-0.05, 0) is 61.2 Å². The Morgan fingerprint density at radius 1 is 0.923 bits per heavy atom. The van der Waals surface area contributed by atoms with Gasteiger partial charge < -0.3 is 15.5 Å². The number of nitrogens with zero attached hydrogens (tertiary/aromatic N) is 1. The van der Waals surface area contributed by atoms with E-state index in [1.807, 2.05) is 50.2 Å². The van der Waals surface area contributed by atoms with E-state index in [0.717, 1.165) is 28.1 Å². The Kier molecular flexibility index (Phi) is 6.78. The molecule has 5 nitrogen and oxygen atoms in total. The first-order chi connectivity index (χ1) is 12.3. The Bertz CT molecular complexity index is 747. The van der Waals surface area contributed by atoms with Gasteiger partial charge in [-0.1, -0.05) is 18.2 Å². The molecule has 0 aliphatic rings. The lowest BCUT2D eigenvalue weighted by molar-refractivity contribution is -0.128. The maximum Gasteiger partial charge on any atom is 0.243 e. The first-order valence-electron chi connectivity index (χ1n) is 8.74. The number of anilines is 2. The normalized spacial score (nSPS) is 10.3. The molecule has 0 spiro atoms. The summed E-state index contributed by atoms with van der Waals surface area (Å²) in [6.07, 6.45) is 1.18. The molecule has 2 aromatic rings. The molecule has 5 heteroatoms. The molecule has 0 saturated heterocycles. The molecule has 0 aliphatic heterocycles. The summed E-state index contributed by atoms with van der Waals surface area (Å²) in [4.78, 5) is 25.3. The summed E-state index contributed by atoms with van der Waals surface area (Å²) in [5.41, 5.74) is 5.09. The molecule has 2 N–H and O–H groups in total. The number of amides is 2. The van der Waals surface area contributed by atoms with Crippen molar-refractivity contribution in [2.24, 2.45) is 0 Å². The van der Waals surface area contributed by atoms with Gasteiger partial charge >= 0.3 is 0 Å². The van der Waals surface area contributed by atoms with Crippen LogP contribution in [0, 0.1) is 13.8 Å². The minimum absolute atomic E-state index is 0.0975. The average Bonchev–Trinajstić information content (AvgIpc) is 2.58. The van der Waals surface area contributed by atoms with Crippen molar-refractivity contribution in [3.8, 4) is 0 Å². The molecule has 0 radical (unpaired) electrons. The van der Waals surface area contributed by atoms with E-state index in [-0.39, 0.29) is 18.4 Å². The van der Waals surface area contributed by atoms with Crippen LogP contribution in [0.3, 0.4) is 0 Å². The number of benzene rings is 2. The zero-order valence-electron chi connectivity index (χ0n) is 15.9. The van der Waals surface area contributed by atoms with Crippen molar-refractivity contribution in [1.29, 1.82) is 0 Å². The third kappa shape index (κ3) is 6.24. The zero-order chi connectivity index (χ0) is 19.1. The summed E-state index contributed by atoms with van der Waals surface area (Å²) in [5, 5.41) is 6.02. The molecular formula is C21H27N3O2. The van der Waals surface area contributed by atoms with E-state index >= 15 is 0 Å². The van der Waals surface area contributed by atoms with E-state index in [1.54, 1.807) is 19.0 Å². The second-order valence-electron chi connectivity index (χ2n) is 6.76. The molecule has 0 bridgehead atoms. The molecule has 2 amide bonds. The van der Waals surface area contributed by atoms with Crippen LogP contribution in [0.1, 0.15) is 23.1 Å². The predicted molar refractivity (Wildman–Crippen MR) is 106 cm³/mol. The maximum atomic E-state index is 12.1. The van der Waals surface area contributed by atoms with Crippen molar-refractivity contribution in [2.75, 3.05) is 31.3 Å². The van der Waals surface area contributed by atoms with Gasteiger partial charge in [-0.25, -0.2) is 0 Å². The fourth-order valence-electron chi connectivity index (χ4n) is 2.69. The lowest BCUT2D eigenvalue weighted by atomic mass is 10.1.